The number of hydrogen-bond donors (Lipinski definition) is 2. The van der Waals surface area contributed by atoms with E-state index in [1.807, 2.05) is 18.2 Å². The van der Waals surface area contributed by atoms with Gasteiger partial charge in [-0.1, -0.05) is 13.0 Å². The lowest BCUT2D eigenvalue weighted by molar-refractivity contribution is -0.136. The Hall–Kier alpha value is -1.58. The maximum absolute atomic E-state index is 9.37. The molecule has 0 aromatic rings. The molecule has 4 heteroatoms. The van der Waals surface area contributed by atoms with Crippen molar-refractivity contribution in [3.05, 3.63) is 24.4 Å². The van der Waals surface area contributed by atoms with Crippen molar-refractivity contribution in [1.29, 1.82) is 0 Å². The van der Waals surface area contributed by atoms with E-state index in [0.29, 0.717) is 0 Å². The van der Waals surface area contributed by atoms with Gasteiger partial charge in [-0.05, 0) is 12.2 Å². The largest absolute Gasteiger partial charge is 0.481 e. The molecule has 1 rings (SSSR count). The molecule has 0 radical (unpaired) electrons. The fourth-order valence-electron chi connectivity index (χ4n) is 0.342. The predicted octanol–water partition coefficient (Wildman–Crippen LogP) is 1.13. The van der Waals surface area contributed by atoms with Gasteiger partial charge in [0, 0.05) is 18.8 Å². The minimum atomic E-state index is -0.745. The molecule has 12 heavy (non-hydrogen) atoms. The molecule has 0 unspecified atom stereocenters. The second-order valence-electron chi connectivity index (χ2n) is 1.90. The van der Waals surface area contributed by atoms with Crippen molar-refractivity contribution >= 4 is 12.2 Å². The summed E-state index contributed by atoms with van der Waals surface area (Å²) in [5.41, 5.74) is 2.67. The number of aliphatic carboxylic acids is 1. The van der Waals surface area contributed by atoms with Crippen LogP contribution in [0.4, 0.5) is 0 Å². The standard InChI is InChI=1S/C5H6N2.C3H6O2/c1-2-4-6-7-5-3-1;1-2-3(4)5/h1-6H;2H2,1H3,(H,4,5). The summed E-state index contributed by atoms with van der Waals surface area (Å²) in [4.78, 5) is 9.37. The van der Waals surface area contributed by atoms with Gasteiger partial charge in [-0.3, -0.25) is 10.2 Å². The highest BCUT2D eigenvalue weighted by molar-refractivity contribution is 5.71. The van der Waals surface area contributed by atoms with Crippen molar-refractivity contribution in [3.8, 4) is 0 Å². The topological polar surface area (TPSA) is 61.7 Å². The third kappa shape index (κ3) is 8.42. The Bertz CT molecular complexity index is 193. The Morgan fingerprint density at radius 3 is 2.75 bits per heavy atom. The first-order chi connectivity index (χ1) is 5.77. The molecule has 0 fully saturated rings. The lowest BCUT2D eigenvalue weighted by Crippen LogP contribution is -1.89. The maximum Gasteiger partial charge on any atom is 0.303 e. The Kier molecular flexibility index (Phi) is 6.54. The van der Waals surface area contributed by atoms with E-state index in [1.54, 1.807) is 19.3 Å². The first-order valence-corrected chi connectivity index (χ1v) is 3.59. The Morgan fingerprint density at radius 1 is 1.50 bits per heavy atom. The van der Waals surface area contributed by atoms with Gasteiger partial charge in [-0.2, -0.15) is 5.10 Å². The van der Waals surface area contributed by atoms with Gasteiger partial charge in [0.15, 0.2) is 0 Å². The van der Waals surface area contributed by atoms with Gasteiger partial charge < -0.3 is 5.11 Å². The van der Waals surface area contributed by atoms with Crippen LogP contribution >= 0.6 is 0 Å². The SMILES string of the molecule is C1=CC=NNC=C1.CCC(=O)O. The van der Waals surface area contributed by atoms with Crippen LogP contribution in [0.3, 0.4) is 0 Å². The summed E-state index contributed by atoms with van der Waals surface area (Å²) >= 11 is 0. The van der Waals surface area contributed by atoms with Gasteiger partial charge in [0.2, 0.25) is 0 Å². The molecule has 66 valence electrons. The minimum Gasteiger partial charge on any atom is -0.481 e. The van der Waals surface area contributed by atoms with Crippen molar-refractivity contribution in [1.82, 2.24) is 5.43 Å². The van der Waals surface area contributed by atoms with Crippen molar-refractivity contribution in [3.63, 3.8) is 0 Å². The van der Waals surface area contributed by atoms with Crippen molar-refractivity contribution < 1.29 is 9.90 Å². The molecule has 0 aliphatic carbocycles. The van der Waals surface area contributed by atoms with E-state index in [4.69, 9.17) is 5.11 Å². The van der Waals surface area contributed by atoms with Crippen LogP contribution in [0, 0.1) is 0 Å². The van der Waals surface area contributed by atoms with Crippen LogP contribution in [-0.2, 0) is 4.79 Å². The van der Waals surface area contributed by atoms with Crippen LogP contribution < -0.4 is 5.43 Å². The number of nitrogens with zero attached hydrogens (tertiary/aromatic N) is 1. The van der Waals surface area contributed by atoms with Gasteiger partial charge in [0.05, 0.1) is 0 Å². The van der Waals surface area contributed by atoms with Gasteiger partial charge in [-0.25, -0.2) is 0 Å². The van der Waals surface area contributed by atoms with E-state index >= 15 is 0 Å². The van der Waals surface area contributed by atoms with Crippen LogP contribution in [0.5, 0.6) is 0 Å². The predicted molar refractivity (Wildman–Crippen MR) is 47.8 cm³/mol. The second kappa shape index (κ2) is 7.53. The highest BCUT2D eigenvalue weighted by Gasteiger charge is 1.80. The van der Waals surface area contributed by atoms with E-state index in [1.165, 1.54) is 0 Å². The van der Waals surface area contributed by atoms with E-state index < -0.39 is 5.97 Å². The van der Waals surface area contributed by atoms with Gasteiger partial charge in [0.25, 0.3) is 0 Å². The zero-order chi connectivity index (χ0) is 9.23. The highest BCUT2D eigenvalue weighted by Crippen LogP contribution is 1.76. The Labute approximate surface area is 71.3 Å². The number of carboxylic acids is 1. The molecule has 0 aromatic carbocycles. The number of hydrogen-bond acceptors (Lipinski definition) is 3. The monoisotopic (exact) mass is 168 g/mol. The minimum absolute atomic E-state index is 0.222. The van der Waals surface area contributed by atoms with Crippen molar-refractivity contribution in [2.24, 2.45) is 5.10 Å². The summed E-state index contributed by atoms with van der Waals surface area (Å²) in [6, 6.07) is 0. The number of carbonyl (C=O) groups is 1. The molecular formula is C8H12N2O2. The Morgan fingerprint density at radius 2 is 2.17 bits per heavy atom. The summed E-state index contributed by atoms with van der Waals surface area (Å²) in [5.74, 6) is -0.745. The molecule has 0 bridgehead atoms. The molecule has 2 N–H and O–H groups in total. The van der Waals surface area contributed by atoms with E-state index in [9.17, 15) is 4.79 Å². The van der Waals surface area contributed by atoms with E-state index in [2.05, 4.69) is 10.5 Å². The van der Waals surface area contributed by atoms with Crippen LogP contribution in [0.2, 0.25) is 0 Å². The normalized spacial score (nSPS) is 12.4. The van der Waals surface area contributed by atoms with Crippen molar-refractivity contribution in [2.75, 3.05) is 0 Å². The molecular weight excluding hydrogens is 156 g/mol. The van der Waals surface area contributed by atoms with Gasteiger partial charge in [-0.15, -0.1) is 0 Å². The Balaban J connectivity index is 0.000000217. The lowest BCUT2D eigenvalue weighted by Gasteiger charge is -1.78. The van der Waals surface area contributed by atoms with Crippen LogP contribution in [-0.4, -0.2) is 17.3 Å². The van der Waals surface area contributed by atoms with Crippen molar-refractivity contribution in [2.45, 2.75) is 13.3 Å². The number of allylic oxidation sites excluding steroid dienone is 3. The molecule has 0 atom stereocenters. The average molecular weight is 168 g/mol. The number of carboxylic acid groups (broad SMARTS) is 1. The quantitative estimate of drug-likeness (QED) is 0.616. The molecule has 4 nitrogen and oxygen atoms in total. The summed E-state index contributed by atoms with van der Waals surface area (Å²) in [7, 11) is 0. The third-order valence-electron chi connectivity index (χ3n) is 0.931. The van der Waals surface area contributed by atoms with E-state index in [-0.39, 0.29) is 6.42 Å². The van der Waals surface area contributed by atoms with Gasteiger partial charge in [0.1, 0.15) is 0 Å². The summed E-state index contributed by atoms with van der Waals surface area (Å²) in [6.07, 6.45) is 9.33. The van der Waals surface area contributed by atoms with Crippen LogP contribution in [0.1, 0.15) is 13.3 Å². The van der Waals surface area contributed by atoms with E-state index in [0.717, 1.165) is 0 Å². The zero-order valence-corrected chi connectivity index (χ0v) is 6.90. The summed E-state index contributed by atoms with van der Waals surface area (Å²) < 4.78 is 0. The highest BCUT2D eigenvalue weighted by atomic mass is 16.4. The third-order valence-corrected chi connectivity index (χ3v) is 0.931. The molecule has 0 aromatic heterocycles. The molecule has 0 saturated heterocycles. The lowest BCUT2D eigenvalue weighted by atomic mass is 10.5. The number of rotatable bonds is 1. The molecule has 1 heterocycles. The maximum atomic E-state index is 9.37. The average Bonchev–Trinajstić information content (AvgIpc) is 2.35. The number of hydrazone groups is 1. The van der Waals surface area contributed by atoms with Gasteiger partial charge >= 0.3 is 5.97 Å². The molecule has 0 spiro atoms. The first-order valence-electron chi connectivity index (χ1n) is 3.59. The summed E-state index contributed by atoms with van der Waals surface area (Å²) in [5, 5.41) is 11.4. The molecule has 1 aliphatic rings. The number of nitrogens with one attached hydrogen (secondary N) is 1. The molecule has 0 saturated carbocycles. The smallest absolute Gasteiger partial charge is 0.303 e. The second-order valence-corrected chi connectivity index (χ2v) is 1.90. The first kappa shape index (κ1) is 10.4. The molecule has 1 aliphatic heterocycles. The zero-order valence-electron chi connectivity index (χ0n) is 6.90. The van der Waals surface area contributed by atoms with Crippen LogP contribution in [0.15, 0.2) is 29.5 Å². The summed E-state index contributed by atoms with van der Waals surface area (Å²) in [6.45, 7) is 1.60. The fraction of sp³-hybridized carbons (Fsp3) is 0.250. The van der Waals surface area contributed by atoms with Crippen LogP contribution in [0.25, 0.3) is 0 Å². The molecule has 0 amide bonds. The fourth-order valence-corrected chi connectivity index (χ4v) is 0.342.